The minimum Gasteiger partial charge on any atom is -0.378 e. The molecule has 1 aliphatic carbocycles. The van der Waals surface area contributed by atoms with E-state index in [1.807, 2.05) is 0 Å². The fraction of sp³-hybridized carbons (Fsp3) is 0.667. The molecule has 0 bridgehead atoms. The summed E-state index contributed by atoms with van der Waals surface area (Å²) in [6, 6.07) is 11.0. The summed E-state index contributed by atoms with van der Waals surface area (Å²) in [6.07, 6.45) is 6.06. The molecule has 1 amide bonds. The number of carbonyl (C=O) groups is 1. The van der Waals surface area contributed by atoms with Crippen LogP contribution in [0.1, 0.15) is 56.9 Å². The van der Waals surface area contributed by atoms with Crippen LogP contribution < -0.4 is 5.32 Å². The molecule has 3 rings (SSSR count). The predicted molar refractivity (Wildman–Crippen MR) is 101 cm³/mol. The maximum absolute atomic E-state index is 13.2. The molecular weight excluding hydrogens is 312 g/mol. The summed E-state index contributed by atoms with van der Waals surface area (Å²) in [5.74, 6) is 0.785. The molecule has 1 heterocycles. The van der Waals surface area contributed by atoms with Crippen molar-refractivity contribution in [3.05, 3.63) is 35.9 Å². The second-order valence-corrected chi connectivity index (χ2v) is 7.99. The van der Waals surface area contributed by atoms with Crippen molar-refractivity contribution < 1.29 is 9.53 Å². The van der Waals surface area contributed by atoms with Crippen molar-refractivity contribution in [1.82, 2.24) is 10.2 Å². The Hall–Kier alpha value is -1.39. The largest absolute Gasteiger partial charge is 0.378 e. The van der Waals surface area contributed by atoms with E-state index in [1.165, 1.54) is 5.56 Å². The van der Waals surface area contributed by atoms with Gasteiger partial charge in [0.2, 0.25) is 5.91 Å². The number of amides is 1. The lowest BCUT2D eigenvalue weighted by atomic mass is 9.73. The third-order valence-corrected chi connectivity index (χ3v) is 6.18. The number of benzene rings is 1. The van der Waals surface area contributed by atoms with Crippen LogP contribution in [0.5, 0.6) is 0 Å². The Kier molecular flexibility index (Phi) is 5.80. The minimum absolute atomic E-state index is 0.211. The van der Waals surface area contributed by atoms with Crippen LogP contribution in [-0.2, 0) is 9.53 Å². The van der Waals surface area contributed by atoms with Gasteiger partial charge in [0.1, 0.15) is 0 Å². The van der Waals surface area contributed by atoms with E-state index in [9.17, 15) is 4.79 Å². The number of nitrogens with zero attached hydrogens (tertiary/aromatic N) is 1. The van der Waals surface area contributed by atoms with Crippen molar-refractivity contribution in [1.29, 1.82) is 0 Å². The van der Waals surface area contributed by atoms with E-state index in [-0.39, 0.29) is 23.6 Å². The number of nitrogens with one attached hydrogen (secondary N) is 1. The molecule has 0 spiro atoms. The Labute approximate surface area is 151 Å². The molecule has 1 aromatic rings. The molecule has 2 aliphatic rings. The molecule has 0 aromatic heterocycles. The lowest BCUT2D eigenvalue weighted by Crippen LogP contribution is -2.60. The molecule has 25 heavy (non-hydrogen) atoms. The van der Waals surface area contributed by atoms with Gasteiger partial charge in [-0.05, 0) is 71.0 Å². The number of ether oxygens (including phenoxy) is 1. The predicted octanol–water partition coefficient (Wildman–Crippen LogP) is 3.33. The standard InChI is InChI=1S/C21H32N2O2/c1-16-15-19(11-14-25-16)22-20(24)21(23(2)3)12-9-18(10-13-21)17-7-5-4-6-8-17/h4-8,16,18-19H,9-15H2,1-3H3,(H,22,24)/t16-,18?,19+,21?/m0/s1. The van der Waals surface area contributed by atoms with Crippen LogP contribution in [0.2, 0.25) is 0 Å². The van der Waals surface area contributed by atoms with E-state index in [2.05, 4.69) is 61.6 Å². The normalized spacial score (nSPS) is 33.2. The molecular formula is C21H32N2O2. The number of hydrogen-bond donors (Lipinski definition) is 1. The van der Waals surface area contributed by atoms with Gasteiger partial charge in [-0.15, -0.1) is 0 Å². The molecule has 4 heteroatoms. The van der Waals surface area contributed by atoms with Crippen LogP contribution in [0, 0.1) is 0 Å². The molecule has 1 aliphatic heterocycles. The van der Waals surface area contributed by atoms with Crippen LogP contribution in [-0.4, -0.2) is 49.2 Å². The number of likely N-dealkylation sites (N-methyl/N-ethyl adjacent to an activating group) is 1. The molecule has 138 valence electrons. The van der Waals surface area contributed by atoms with Gasteiger partial charge in [-0.1, -0.05) is 30.3 Å². The van der Waals surface area contributed by atoms with Crippen molar-refractivity contribution >= 4 is 5.91 Å². The van der Waals surface area contributed by atoms with Crippen molar-refractivity contribution in [3.8, 4) is 0 Å². The van der Waals surface area contributed by atoms with Crippen molar-refractivity contribution in [3.63, 3.8) is 0 Å². The van der Waals surface area contributed by atoms with Crippen LogP contribution in [0.3, 0.4) is 0 Å². The molecule has 4 nitrogen and oxygen atoms in total. The minimum atomic E-state index is -0.368. The van der Waals surface area contributed by atoms with Crippen LogP contribution in [0.4, 0.5) is 0 Å². The molecule has 1 N–H and O–H groups in total. The Morgan fingerprint density at radius 3 is 2.44 bits per heavy atom. The Morgan fingerprint density at radius 2 is 1.84 bits per heavy atom. The second-order valence-electron chi connectivity index (χ2n) is 7.99. The molecule has 0 unspecified atom stereocenters. The van der Waals surface area contributed by atoms with Gasteiger partial charge in [-0.2, -0.15) is 0 Å². The van der Waals surface area contributed by atoms with Gasteiger partial charge < -0.3 is 10.1 Å². The van der Waals surface area contributed by atoms with Gasteiger partial charge in [0, 0.05) is 12.6 Å². The smallest absolute Gasteiger partial charge is 0.240 e. The molecule has 1 saturated carbocycles. The van der Waals surface area contributed by atoms with Crippen molar-refractivity contribution in [2.45, 2.75) is 69.1 Å². The maximum Gasteiger partial charge on any atom is 0.240 e. The Balaban J connectivity index is 1.65. The summed E-state index contributed by atoms with van der Waals surface area (Å²) in [5.41, 5.74) is 1.04. The fourth-order valence-electron chi connectivity index (χ4n) is 4.48. The van der Waals surface area contributed by atoms with Gasteiger partial charge in [0.25, 0.3) is 0 Å². The quantitative estimate of drug-likeness (QED) is 0.911. The van der Waals surface area contributed by atoms with E-state index >= 15 is 0 Å². The number of hydrogen-bond acceptors (Lipinski definition) is 3. The summed E-state index contributed by atoms with van der Waals surface area (Å²) < 4.78 is 5.61. The van der Waals surface area contributed by atoms with Gasteiger partial charge in [-0.3, -0.25) is 9.69 Å². The van der Waals surface area contributed by atoms with Crippen LogP contribution in [0.25, 0.3) is 0 Å². The molecule has 1 aromatic carbocycles. The molecule has 1 saturated heterocycles. The van der Waals surface area contributed by atoms with E-state index < -0.39 is 0 Å². The molecule has 2 fully saturated rings. The van der Waals surface area contributed by atoms with E-state index in [0.29, 0.717) is 5.92 Å². The monoisotopic (exact) mass is 344 g/mol. The molecule has 0 radical (unpaired) electrons. The van der Waals surface area contributed by atoms with E-state index in [0.717, 1.165) is 45.1 Å². The Morgan fingerprint density at radius 1 is 1.16 bits per heavy atom. The van der Waals surface area contributed by atoms with E-state index in [1.54, 1.807) is 0 Å². The van der Waals surface area contributed by atoms with Gasteiger partial charge in [0.15, 0.2) is 0 Å². The average Bonchev–Trinajstić information content (AvgIpc) is 2.62. The first-order chi connectivity index (χ1) is 12.0. The highest BCUT2D eigenvalue weighted by Gasteiger charge is 2.44. The summed E-state index contributed by atoms with van der Waals surface area (Å²) in [7, 11) is 4.10. The highest BCUT2D eigenvalue weighted by molar-refractivity contribution is 5.86. The lowest BCUT2D eigenvalue weighted by Gasteiger charge is -2.44. The summed E-state index contributed by atoms with van der Waals surface area (Å²) in [6.45, 7) is 2.84. The third kappa shape index (κ3) is 4.06. The Bertz CT molecular complexity index is 565. The zero-order valence-electron chi connectivity index (χ0n) is 15.8. The highest BCUT2D eigenvalue weighted by Crippen LogP contribution is 2.40. The zero-order valence-corrected chi connectivity index (χ0v) is 15.8. The van der Waals surface area contributed by atoms with Gasteiger partial charge in [-0.25, -0.2) is 0 Å². The first-order valence-corrected chi connectivity index (χ1v) is 9.66. The van der Waals surface area contributed by atoms with Gasteiger partial charge in [0.05, 0.1) is 11.6 Å². The van der Waals surface area contributed by atoms with Crippen molar-refractivity contribution in [2.24, 2.45) is 0 Å². The topological polar surface area (TPSA) is 41.6 Å². The second kappa shape index (κ2) is 7.88. The lowest BCUT2D eigenvalue weighted by molar-refractivity contribution is -0.136. The summed E-state index contributed by atoms with van der Waals surface area (Å²) in [5, 5.41) is 3.34. The van der Waals surface area contributed by atoms with E-state index in [4.69, 9.17) is 4.74 Å². The summed E-state index contributed by atoms with van der Waals surface area (Å²) >= 11 is 0. The molecule has 2 atom stereocenters. The third-order valence-electron chi connectivity index (χ3n) is 6.18. The zero-order chi connectivity index (χ0) is 17.9. The maximum atomic E-state index is 13.2. The highest BCUT2D eigenvalue weighted by atomic mass is 16.5. The first-order valence-electron chi connectivity index (χ1n) is 9.66. The first kappa shape index (κ1) is 18.4. The number of rotatable bonds is 4. The van der Waals surface area contributed by atoms with Gasteiger partial charge >= 0.3 is 0 Å². The number of carbonyl (C=O) groups excluding carboxylic acids is 1. The van der Waals surface area contributed by atoms with Crippen molar-refractivity contribution in [2.75, 3.05) is 20.7 Å². The fourth-order valence-corrected chi connectivity index (χ4v) is 4.48. The SMILES string of the molecule is C[C@H]1C[C@H](NC(=O)C2(N(C)C)CCC(c3ccccc3)CC2)CCO1. The van der Waals surface area contributed by atoms with Crippen LogP contribution in [0.15, 0.2) is 30.3 Å². The summed E-state index contributed by atoms with van der Waals surface area (Å²) in [4.78, 5) is 15.3. The average molecular weight is 344 g/mol. The van der Waals surface area contributed by atoms with Crippen LogP contribution >= 0.6 is 0 Å².